The van der Waals surface area contributed by atoms with Gasteiger partial charge in [-0.2, -0.15) is 0 Å². The number of hydrogen-bond donors (Lipinski definition) is 1. The summed E-state index contributed by atoms with van der Waals surface area (Å²) < 4.78 is 14.3. The van der Waals surface area contributed by atoms with Crippen LogP contribution in [0.4, 0.5) is 14.9 Å². The summed E-state index contributed by atoms with van der Waals surface area (Å²) >= 11 is 3.12. The molecule has 0 aliphatic rings. The molecule has 3 nitrogen and oxygen atoms in total. The summed E-state index contributed by atoms with van der Waals surface area (Å²) in [5.41, 5.74) is 0.0782. The third kappa shape index (κ3) is 2.77. The molecule has 17 heavy (non-hydrogen) atoms. The zero-order valence-electron chi connectivity index (χ0n) is 10.2. The van der Waals surface area contributed by atoms with Gasteiger partial charge in [-0.05, 0) is 55.3 Å². The van der Waals surface area contributed by atoms with Crippen LogP contribution in [0.15, 0.2) is 16.6 Å². The maximum atomic E-state index is 14.1. The van der Waals surface area contributed by atoms with Crippen molar-refractivity contribution in [2.75, 3.05) is 4.90 Å². The molecular formula is C12H15BrFNO2. The Morgan fingerprint density at radius 3 is 2.35 bits per heavy atom. The van der Waals surface area contributed by atoms with Gasteiger partial charge in [0, 0.05) is 5.54 Å². The van der Waals surface area contributed by atoms with Crippen molar-refractivity contribution >= 4 is 27.7 Å². The molecule has 94 valence electrons. The highest BCUT2D eigenvalue weighted by atomic mass is 79.9. The van der Waals surface area contributed by atoms with E-state index in [1.54, 1.807) is 33.8 Å². The Hall–Kier alpha value is -1.10. The standard InChI is InChI=1S/C12H15BrFNO2/c1-7-5-6-8(10(14)9(7)13)15(11(16)17)12(2,3)4/h5-6H,1-4H3,(H,16,17). The third-order valence-electron chi connectivity index (χ3n) is 2.36. The minimum atomic E-state index is -1.17. The fourth-order valence-electron chi connectivity index (χ4n) is 1.56. The Balaban J connectivity index is 3.40. The zero-order chi connectivity index (χ0) is 13.4. The van der Waals surface area contributed by atoms with Gasteiger partial charge < -0.3 is 5.11 Å². The Morgan fingerprint density at radius 2 is 1.94 bits per heavy atom. The van der Waals surface area contributed by atoms with Crippen molar-refractivity contribution in [2.45, 2.75) is 33.2 Å². The highest BCUT2D eigenvalue weighted by Gasteiger charge is 2.30. The average molecular weight is 304 g/mol. The van der Waals surface area contributed by atoms with E-state index < -0.39 is 17.4 Å². The van der Waals surface area contributed by atoms with Gasteiger partial charge in [-0.25, -0.2) is 9.18 Å². The number of benzene rings is 1. The molecule has 5 heteroatoms. The van der Waals surface area contributed by atoms with Gasteiger partial charge in [-0.1, -0.05) is 6.07 Å². The van der Waals surface area contributed by atoms with Gasteiger partial charge in [-0.3, -0.25) is 4.90 Å². The van der Waals surface area contributed by atoms with Crippen LogP contribution in [0.5, 0.6) is 0 Å². The summed E-state index contributed by atoms with van der Waals surface area (Å²) in [5, 5.41) is 9.19. The second-order valence-electron chi connectivity index (χ2n) is 4.82. The molecule has 0 aromatic heterocycles. The summed E-state index contributed by atoms with van der Waals surface area (Å²) in [7, 11) is 0. The molecule has 1 N–H and O–H groups in total. The van der Waals surface area contributed by atoms with Crippen LogP contribution in [0, 0.1) is 12.7 Å². The number of carboxylic acid groups (broad SMARTS) is 1. The summed E-state index contributed by atoms with van der Waals surface area (Å²) in [5.74, 6) is -0.553. The number of amides is 1. The summed E-state index contributed by atoms with van der Waals surface area (Å²) in [6, 6.07) is 3.17. The first-order chi connectivity index (χ1) is 7.66. The number of hydrogen-bond acceptors (Lipinski definition) is 1. The van der Waals surface area contributed by atoms with Gasteiger partial charge in [0.1, 0.15) is 0 Å². The predicted octanol–water partition coefficient (Wildman–Crippen LogP) is 4.18. The minimum absolute atomic E-state index is 0.0578. The molecule has 1 aromatic rings. The van der Waals surface area contributed by atoms with Gasteiger partial charge in [-0.15, -0.1) is 0 Å². The van der Waals surface area contributed by atoms with Crippen LogP contribution in [0.25, 0.3) is 0 Å². The number of anilines is 1. The van der Waals surface area contributed by atoms with E-state index in [0.717, 1.165) is 10.5 Å². The topological polar surface area (TPSA) is 40.5 Å². The lowest BCUT2D eigenvalue weighted by molar-refractivity contribution is 0.195. The van der Waals surface area contributed by atoms with E-state index in [4.69, 9.17) is 0 Å². The van der Waals surface area contributed by atoms with Crippen LogP contribution < -0.4 is 4.90 Å². The van der Waals surface area contributed by atoms with Crippen molar-refractivity contribution in [3.05, 3.63) is 28.0 Å². The van der Waals surface area contributed by atoms with Gasteiger partial charge in [0.2, 0.25) is 0 Å². The zero-order valence-corrected chi connectivity index (χ0v) is 11.8. The van der Waals surface area contributed by atoms with E-state index in [2.05, 4.69) is 15.9 Å². The highest BCUT2D eigenvalue weighted by Crippen LogP contribution is 2.32. The smallest absolute Gasteiger partial charge is 0.412 e. The average Bonchev–Trinajstić information content (AvgIpc) is 2.16. The first kappa shape index (κ1) is 14.0. The lowest BCUT2D eigenvalue weighted by Gasteiger charge is -2.33. The molecule has 0 fully saturated rings. The first-order valence-corrected chi connectivity index (χ1v) is 5.93. The normalized spacial score (nSPS) is 11.4. The Kier molecular flexibility index (Phi) is 3.81. The molecule has 1 rings (SSSR count). The molecule has 1 amide bonds. The molecule has 0 saturated heterocycles. The Labute approximate surface area is 108 Å². The number of rotatable bonds is 1. The largest absolute Gasteiger partial charge is 0.465 e. The molecule has 0 bridgehead atoms. The first-order valence-electron chi connectivity index (χ1n) is 5.14. The summed E-state index contributed by atoms with van der Waals surface area (Å²) in [4.78, 5) is 12.3. The van der Waals surface area contributed by atoms with E-state index in [1.165, 1.54) is 6.07 Å². The van der Waals surface area contributed by atoms with Gasteiger partial charge >= 0.3 is 6.09 Å². The number of carbonyl (C=O) groups is 1. The lowest BCUT2D eigenvalue weighted by Crippen LogP contribution is -2.45. The molecule has 1 aromatic carbocycles. The summed E-state index contributed by atoms with van der Waals surface area (Å²) in [6.45, 7) is 6.90. The van der Waals surface area contributed by atoms with Crippen LogP contribution >= 0.6 is 15.9 Å². The molecule has 0 saturated carbocycles. The SMILES string of the molecule is Cc1ccc(N(C(=O)O)C(C)(C)C)c(F)c1Br. The second-order valence-corrected chi connectivity index (χ2v) is 5.61. The maximum absolute atomic E-state index is 14.1. The van der Waals surface area contributed by atoms with E-state index >= 15 is 0 Å². The monoisotopic (exact) mass is 303 g/mol. The predicted molar refractivity (Wildman–Crippen MR) is 69.1 cm³/mol. The van der Waals surface area contributed by atoms with Crippen molar-refractivity contribution < 1.29 is 14.3 Å². The van der Waals surface area contributed by atoms with Crippen LogP contribution in [-0.2, 0) is 0 Å². The number of nitrogens with zero attached hydrogens (tertiary/aromatic N) is 1. The maximum Gasteiger partial charge on any atom is 0.412 e. The van der Waals surface area contributed by atoms with E-state index in [0.29, 0.717) is 4.47 Å². The summed E-state index contributed by atoms with van der Waals surface area (Å²) in [6.07, 6.45) is -1.17. The van der Waals surface area contributed by atoms with Crippen molar-refractivity contribution in [2.24, 2.45) is 0 Å². The van der Waals surface area contributed by atoms with Gasteiger partial charge in [0.05, 0.1) is 10.2 Å². The van der Waals surface area contributed by atoms with Crippen LogP contribution in [0.1, 0.15) is 26.3 Å². The quantitative estimate of drug-likeness (QED) is 0.845. The Morgan fingerprint density at radius 1 is 1.41 bits per heavy atom. The molecule has 0 atom stereocenters. The van der Waals surface area contributed by atoms with Crippen molar-refractivity contribution in [3.63, 3.8) is 0 Å². The Bertz CT molecular complexity index is 455. The molecule has 0 radical (unpaired) electrons. The fourth-order valence-corrected chi connectivity index (χ4v) is 1.90. The molecule has 0 aliphatic carbocycles. The lowest BCUT2D eigenvalue weighted by atomic mass is 10.0. The third-order valence-corrected chi connectivity index (χ3v) is 3.33. The van der Waals surface area contributed by atoms with Gasteiger partial charge in [0.25, 0.3) is 0 Å². The van der Waals surface area contributed by atoms with E-state index in [-0.39, 0.29) is 5.69 Å². The van der Waals surface area contributed by atoms with E-state index in [1.807, 2.05) is 0 Å². The van der Waals surface area contributed by atoms with Crippen LogP contribution in [0.3, 0.4) is 0 Å². The minimum Gasteiger partial charge on any atom is -0.465 e. The molecular weight excluding hydrogens is 289 g/mol. The van der Waals surface area contributed by atoms with Crippen LogP contribution in [-0.4, -0.2) is 16.7 Å². The molecule has 0 aliphatic heterocycles. The van der Waals surface area contributed by atoms with Crippen molar-refractivity contribution in [1.29, 1.82) is 0 Å². The fraction of sp³-hybridized carbons (Fsp3) is 0.417. The van der Waals surface area contributed by atoms with Crippen molar-refractivity contribution in [3.8, 4) is 0 Å². The molecule has 0 unspecified atom stereocenters. The molecule has 0 heterocycles. The molecule has 0 spiro atoms. The number of aryl methyl sites for hydroxylation is 1. The number of halogens is 2. The highest BCUT2D eigenvalue weighted by molar-refractivity contribution is 9.10. The van der Waals surface area contributed by atoms with E-state index in [9.17, 15) is 14.3 Å². The van der Waals surface area contributed by atoms with Gasteiger partial charge in [0.15, 0.2) is 5.82 Å². The van der Waals surface area contributed by atoms with Crippen LogP contribution in [0.2, 0.25) is 0 Å². The second kappa shape index (κ2) is 4.64. The van der Waals surface area contributed by atoms with Crippen molar-refractivity contribution in [1.82, 2.24) is 0 Å².